The molecular formula is C17H15NO2S. The number of hydrogen-bond acceptors (Lipinski definition) is 4. The summed E-state index contributed by atoms with van der Waals surface area (Å²) < 4.78 is 0. The first-order valence-corrected chi connectivity index (χ1v) is 7.52. The van der Waals surface area contributed by atoms with Gasteiger partial charge >= 0.3 is 0 Å². The summed E-state index contributed by atoms with van der Waals surface area (Å²) in [5.41, 5.74) is 1.51. The van der Waals surface area contributed by atoms with Crippen LogP contribution in [-0.4, -0.2) is 11.6 Å². The molecule has 4 heteroatoms. The Morgan fingerprint density at radius 2 is 1.81 bits per heavy atom. The molecule has 0 saturated carbocycles. The van der Waals surface area contributed by atoms with Crippen molar-refractivity contribution in [2.75, 3.05) is 0 Å². The predicted octanol–water partition coefficient (Wildman–Crippen LogP) is 3.82. The molecule has 0 aliphatic heterocycles. The standard InChI is InChI=1S/C17H15NO2S/c1-3-12-5-7-13(8-6-12)16(19)14(10-18)17(20)15-9-4-11(2)21-15/h4-9,14H,3H2,1-2H3/t14-/m0/s1. The number of thiophene rings is 1. The van der Waals surface area contributed by atoms with Gasteiger partial charge in [-0.15, -0.1) is 11.3 Å². The number of benzene rings is 1. The Morgan fingerprint density at radius 1 is 1.14 bits per heavy atom. The highest BCUT2D eigenvalue weighted by Crippen LogP contribution is 2.21. The second-order valence-corrected chi connectivity index (χ2v) is 6.04. The molecule has 2 rings (SSSR count). The molecule has 0 amide bonds. The van der Waals surface area contributed by atoms with E-state index >= 15 is 0 Å². The zero-order chi connectivity index (χ0) is 15.4. The molecular weight excluding hydrogens is 282 g/mol. The molecule has 0 N–H and O–H groups in total. The van der Waals surface area contributed by atoms with Crippen LogP contribution < -0.4 is 0 Å². The lowest BCUT2D eigenvalue weighted by atomic mass is 9.93. The lowest BCUT2D eigenvalue weighted by Crippen LogP contribution is -2.22. The largest absolute Gasteiger partial charge is 0.292 e. The summed E-state index contributed by atoms with van der Waals surface area (Å²) in [4.78, 5) is 26.1. The smallest absolute Gasteiger partial charge is 0.197 e. The molecule has 0 radical (unpaired) electrons. The van der Waals surface area contributed by atoms with E-state index in [1.807, 2.05) is 38.1 Å². The van der Waals surface area contributed by atoms with Crippen LogP contribution in [0, 0.1) is 24.2 Å². The number of aryl methyl sites for hydroxylation is 2. The van der Waals surface area contributed by atoms with Crippen LogP contribution in [0.5, 0.6) is 0 Å². The van der Waals surface area contributed by atoms with Crippen LogP contribution in [0.15, 0.2) is 36.4 Å². The van der Waals surface area contributed by atoms with Gasteiger partial charge in [-0.2, -0.15) is 5.26 Å². The average Bonchev–Trinajstić information content (AvgIpc) is 2.94. The van der Waals surface area contributed by atoms with E-state index in [4.69, 9.17) is 0 Å². The van der Waals surface area contributed by atoms with Crippen molar-refractivity contribution < 1.29 is 9.59 Å². The zero-order valence-corrected chi connectivity index (χ0v) is 12.7. The molecule has 2 aromatic rings. The quantitative estimate of drug-likeness (QED) is 0.622. The van der Waals surface area contributed by atoms with Crippen LogP contribution in [0.4, 0.5) is 0 Å². The molecule has 0 saturated heterocycles. The molecule has 1 aromatic heterocycles. The predicted molar refractivity (Wildman–Crippen MR) is 82.6 cm³/mol. The number of rotatable bonds is 5. The van der Waals surface area contributed by atoms with Gasteiger partial charge in [-0.05, 0) is 31.0 Å². The Kier molecular flexibility index (Phi) is 4.66. The minimum atomic E-state index is -1.27. The molecule has 0 aliphatic rings. The summed E-state index contributed by atoms with van der Waals surface area (Å²) in [5, 5.41) is 9.21. The Labute approximate surface area is 127 Å². The molecule has 3 nitrogen and oxygen atoms in total. The third-order valence-corrected chi connectivity index (χ3v) is 4.30. The number of nitrogens with zero attached hydrogens (tertiary/aromatic N) is 1. The molecule has 0 spiro atoms. The van der Waals surface area contributed by atoms with E-state index in [0.717, 1.165) is 16.9 Å². The normalized spacial score (nSPS) is 11.7. The number of Topliss-reactive ketones (excluding diaryl/α,β-unsaturated/α-hetero) is 2. The fraction of sp³-hybridized carbons (Fsp3) is 0.235. The van der Waals surface area contributed by atoms with Gasteiger partial charge in [0.1, 0.15) is 0 Å². The monoisotopic (exact) mass is 297 g/mol. The number of hydrogen-bond donors (Lipinski definition) is 0. The summed E-state index contributed by atoms with van der Waals surface area (Å²) >= 11 is 1.31. The van der Waals surface area contributed by atoms with Crippen molar-refractivity contribution in [3.05, 3.63) is 57.3 Å². The number of nitriles is 1. The van der Waals surface area contributed by atoms with Gasteiger partial charge in [-0.3, -0.25) is 9.59 Å². The summed E-state index contributed by atoms with van der Waals surface area (Å²) in [6.07, 6.45) is 0.879. The molecule has 0 unspecified atom stereocenters. The van der Waals surface area contributed by atoms with Gasteiger partial charge in [0.15, 0.2) is 17.5 Å². The third-order valence-electron chi connectivity index (χ3n) is 3.28. The molecule has 21 heavy (non-hydrogen) atoms. The first-order valence-electron chi connectivity index (χ1n) is 6.70. The van der Waals surface area contributed by atoms with Gasteiger partial charge < -0.3 is 0 Å². The topological polar surface area (TPSA) is 57.9 Å². The van der Waals surface area contributed by atoms with Gasteiger partial charge in [0.05, 0.1) is 10.9 Å². The summed E-state index contributed by atoms with van der Waals surface area (Å²) in [6.45, 7) is 3.91. The van der Waals surface area contributed by atoms with Crippen molar-refractivity contribution in [2.24, 2.45) is 5.92 Å². The molecule has 1 aromatic carbocycles. The van der Waals surface area contributed by atoms with Crippen LogP contribution >= 0.6 is 11.3 Å². The van der Waals surface area contributed by atoms with E-state index in [1.54, 1.807) is 18.2 Å². The number of ketones is 2. The van der Waals surface area contributed by atoms with E-state index < -0.39 is 17.5 Å². The second kappa shape index (κ2) is 6.47. The van der Waals surface area contributed by atoms with E-state index in [1.165, 1.54) is 11.3 Å². The summed E-state index contributed by atoms with van der Waals surface area (Å²) in [6, 6.07) is 12.4. The van der Waals surface area contributed by atoms with E-state index in [9.17, 15) is 14.9 Å². The number of carbonyl (C=O) groups is 2. The summed E-state index contributed by atoms with van der Waals surface area (Å²) in [5.74, 6) is -2.12. The van der Waals surface area contributed by atoms with Gasteiger partial charge in [-0.1, -0.05) is 31.2 Å². The molecule has 1 heterocycles. The lowest BCUT2D eigenvalue weighted by molar-refractivity contribution is 0.0848. The van der Waals surface area contributed by atoms with Gasteiger partial charge in [0.2, 0.25) is 0 Å². The van der Waals surface area contributed by atoms with Gasteiger partial charge in [-0.25, -0.2) is 0 Å². The Balaban J connectivity index is 2.26. The molecule has 0 aliphatic carbocycles. The molecule has 0 fully saturated rings. The van der Waals surface area contributed by atoms with Gasteiger partial charge in [0, 0.05) is 10.4 Å². The van der Waals surface area contributed by atoms with Crippen molar-refractivity contribution in [3.8, 4) is 6.07 Å². The van der Waals surface area contributed by atoms with Crippen molar-refractivity contribution in [1.82, 2.24) is 0 Å². The highest BCUT2D eigenvalue weighted by atomic mass is 32.1. The highest BCUT2D eigenvalue weighted by Gasteiger charge is 2.29. The average molecular weight is 297 g/mol. The maximum Gasteiger partial charge on any atom is 0.197 e. The van der Waals surface area contributed by atoms with Crippen LogP contribution in [0.25, 0.3) is 0 Å². The molecule has 106 valence electrons. The number of carbonyl (C=O) groups excluding carboxylic acids is 2. The lowest BCUT2D eigenvalue weighted by Gasteiger charge is -2.07. The van der Waals surface area contributed by atoms with Crippen molar-refractivity contribution >= 4 is 22.9 Å². The Morgan fingerprint density at radius 3 is 2.29 bits per heavy atom. The third kappa shape index (κ3) is 3.26. The van der Waals surface area contributed by atoms with Crippen LogP contribution in [0.1, 0.15) is 37.4 Å². The minimum absolute atomic E-state index is 0.403. The Hall–Kier alpha value is -2.25. The van der Waals surface area contributed by atoms with Crippen LogP contribution in [-0.2, 0) is 6.42 Å². The molecule has 1 atom stereocenters. The highest BCUT2D eigenvalue weighted by molar-refractivity contribution is 7.14. The summed E-state index contributed by atoms with van der Waals surface area (Å²) in [7, 11) is 0. The molecule has 0 bridgehead atoms. The van der Waals surface area contributed by atoms with Crippen molar-refractivity contribution in [1.29, 1.82) is 5.26 Å². The fourth-order valence-electron chi connectivity index (χ4n) is 2.02. The Bertz CT molecular complexity index is 707. The van der Waals surface area contributed by atoms with Crippen molar-refractivity contribution in [3.63, 3.8) is 0 Å². The van der Waals surface area contributed by atoms with Crippen LogP contribution in [0.2, 0.25) is 0 Å². The first kappa shape index (κ1) is 15.1. The van der Waals surface area contributed by atoms with Crippen LogP contribution in [0.3, 0.4) is 0 Å². The minimum Gasteiger partial charge on any atom is -0.292 e. The van der Waals surface area contributed by atoms with Crippen molar-refractivity contribution in [2.45, 2.75) is 20.3 Å². The fourth-order valence-corrected chi connectivity index (χ4v) is 2.85. The second-order valence-electron chi connectivity index (χ2n) is 4.75. The van der Waals surface area contributed by atoms with Gasteiger partial charge in [0.25, 0.3) is 0 Å². The van der Waals surface area contributed by atoms with E-state index in [2.05, 4.69) is 0 Å². The maximum atomic E-state index is 12.4. The van der Waals surface area contributed by atoms with E-state index in [0.29, 0.717) is 10.4 Å². The van der Waals surface area contributed by atoms with E-state index in [-0.39, 0.29) is 0 Å². The maximum absolute atomic E-state index is 12.4. The SMILES string of the molecule is CCc1ccc(C(=O)[C@H](C#N)C(=O)c2ccc(C)s2)cc1. The zero-order valence-electron chi connectivity index (χ0n) is 11.9. The first-order chi connectivity index (χ1) is 10.1.